The van der Waals surface area contributed by atoms with Crippen LogP contribution in [0.1, 0.15) is 25.0 Å². The number of ether oxygens (including phenoxy) is 1. The molecule has 0 bridgehead atoms. The lowest BCUT2D eigenvalue weighted by Gasteiger charge is -2.13. The maximum Gasteiger partial charge on any atom is 0.191 e. The quantitative estimate of drug-likeness (QED) is 0.414. The summed E-state index contributed by atoms with van der Waals surface area (Å²) in [7, 11) is 3.85. The van der Waals surface area contributed by atoms with Crippen LogP contribution in [0.5, 0.6) is 0 Å². The van der Waals surface area contributed by atoms with E-state index in [9.17, 15) is 4.39 Å². The fourth-order valence-electron chi connectivity index (χ4n) is 2.09. The zero-order chi connectivity index (χ0) is 17.1. The van der Waals surface area contributed by atoms with Gasteiger partial charge in [0.2, 0.25) is 0 Å². The SMILES string of the molecule is CCNC(=NCc1ccc(F)c(CN(C)C)c1)NCCOCC. The maximum atomic E-state index is 13.8. The molecule has 0 aliphatic carbocycles. The first kappa shape index (κ1) is 19.4. The number of nitrogens with zero attached hydrogens (tertiary/aromatic N) is 2. The predicted octanol–water partition coefficient (Wildman–Crippen LogP) is 1.98. The summed E-state index contributed by atoms with van der Waals surface area (Å²) in [5, 5.41) is 6.40. The zero-order valence-electron chi connectivity index (χ0n) is 14.7. The van der Waals surface area contributed by atoms with Gasteiger partial charge in [-0.05, 0) is 45.6 Å². The molecule has 0 heterocycles. The van der Waals surface area contributed by atoms with Gasteiger partial charge in [-0.3, -0.25) is 0 Å². The molecule has 0 amide bonds. The van der Waals surface area contributed by atoms with E-state index >= 15 is 0 Å². The van der Waals surface area contributed by atoms with Gasteiger partial charge in [-0.25, -0.2) is 9.38 Å². The van der Waals surface area contributed by atoms with Gasteiger partial charge in [0.15, 0.2) is 5.96 Å². The summed E-state index contributed by atoms with van der Waals surface area (Å²) in [5.41, 5.74) is 1.68. The minimum Gasteiger partial charge on any atom is -0.380 e. The molecule has 6 heteroatoms. The number of aliphatic imine (C=N–C) groups is 1. The van der Waals surface area contributed by atoms with Gasteiger partial charge in [0.05, 0.1) is 13.2 Å². The highest BCUT2D eigenvalue weighted by atomic mass is 19.1. The van der Waals surface area contributed by atoms with Gasteiger partial charge < -0.3 is 20.3 Å². The van der Waals surface area contributed by atoms with Crippen molar-refractivity contribution in [3.8, 4) is 0 Å². The summed E-state index contributed by atoms with van der Waals surface area (Å²) in [6.45, 7) is 7.92. The number of benzene rings is 1. The van der Waals surface area contributed by atoms with Crippen LogP contribution in [0, 0.1) is 5.82 Å². The lowest BCUT2D eigenvalue weighted by Crippen LogP contribution is -2.39. The molecule has 0 fully saturated rings. The summed E-state index contributed by atoms with van der Waals surface area (Å²) in [5.74, 6) is 0.568. The van der Waals surface area contributed by atoms with E-state index < -0.39 is 0 Å². The molecule has 2 N–H and O–H groups in total. The van der Waals surface area contributed by atoms with E-state index in [1.807, 2.05) is 38.9 Å². The van der Waals surface area contributed by atoms with E-state index in [0.717, 1.165) is 18.1 Å². The van der Waals surface area contributed by atoms with E-state index in [4.69, 9.17) is 4.74 Å². The van der Waals surface area contributed by atoms with Gasteiger partial charge in [-0.15, -0.1) is 0 Å². The van der Waals surface area contributed by atoms with Crippen LogP contribution in [0.15, 0.2) is 23.2 Å². The van der Waals surface area contributed by atoms with E-state index in [0.29, 0.717) is 38.4 Å². The molecule has 0 aliphatic heterocycles. The second-order valence-corrected chi connectivity index (χ2v) is 5.48. The maximum absolute atomic E-state index is 13.8. The Morgan fingerprint density at radius 2 is 2.04 bits per heavy atom. The number of nitrogens with one attached hydrogen (secondary N) is 2. The third kappa shape index (κ3) is 7.95. The monoisotopic (exact) mass is 324 g/mol. The van der Waals surface area contributed by atoms with Crippen molar-refractivity contribution < 1.29 is 9.13 Å². The largest absolute Gasteiger partial charge is 0.380 e. The fraction of sp³-hybridized carbons (Fsp3) is 0.588. The molecular weight excluding hydrogens is 295 g/mol. The van der Waals surface area contributed by atoms with Crippen LogP contribution in [-0.4, -0.2) is 51.3 Å². The summed E-state index contributed by atoms with van der Waals surface area (Å²) >= 11 is 0. The molecule has 0 saturated carbocycles. The number of guanidine groups is 1. The molecule has 0 atom stereocenters. The van der Waals surface area contributed by atoms with E-state index in [1.165, 1.54) is 6.07 Å². The first-order valence-corrected chi connectivity index (χ1v) is 8.08. The zero-order valence-corrected chi connectivity index (χ0v) is 14.7. The highest BCUT2D eigenvalue weighted by Gasteiger charge is 2.05. The minimum atomic E-state index is -0.173. The Balaban J connectivity index is 2.66. The first-order valence-electron chi connectivity index (χ1n) is 8.08. The molecule has 5 nitrogen and oxygen atoms in total. The lowest BCUT2D eigenvalue weighted by atomic mass is 10.1. The van der Waals surface area contributed by atoms with Crippen LogP contribution >= 0.6 is 0 Å². The molecule has 0 unspecified atom stereocenters. The van der Waals surface area contributed by atoms with Crippen LogP contribution in [0.3, 0.4) is 0 Å². The van der Waals surface area contributed by atoms with E-state index in [1.54, 1.807) is 6.07 Å². The van der Waals surface area contributed by atoms with Gasteiger partial charge in [-0.1, -0.05) is 6.07 Å². The number of hydrogen-bond acceptors (Lipinski definition) is 3. The van der Waals surface area contributed by atoms with Gasteiger partial charge >= 0.3 is 0 Å². The predicted molar refractivity (Wildman–Crippen MR) is 93.1 cm³/mol. The van der Waals surface area contributed by atoms with Crippen LogP contribution in [0.25, 0.3) is 0 Å². The van der Waals surface area contributed by atoms with Crippen LogP contribution in [0.4, 0.5) is 4.39 Å². The highest BCUT2D eigenvalue weighted by molar-refractivity contribution is 5.79. The average molecular weight is 324 g/mol. The van der Waals surface area contributed by atoms with Gasteiger partial charge in [0, 0.05) is 31.8 Å². The molecule has 1 aromatic rings. The normalized spacial score (nSPS) is 11.8. The minimum absolute atomic E-state index is 0.173. The first-order chi connectivity index (χ1) is 11.1. The van der Waals surface area contributed by atoms with Crippen molar-refractivity contribution in [3.05, 3.63) is 35.1 Å². The third-order valence-corrected chi connectivity index (χ3v) is 3.10. The molecule has 130 valence electrons. The number of hydrogen-bond donors (Lipinski definition) is 2. The Morgan fingerprint density at radius 3 is 2.70 bits per heavy atom. The number of rotatable bonds is 9. The molecular formula is C17H29FN4O. The Bertz CT molecular complexity index is 491. The van der Waals surface area contributed by atoms with Gasteiger partial charge in [0.1, 0.15) is 5.82 Å². The second-order valence-electron chi connectivity index (χ2n) is 5.48. The summed E-state index contributed by atoms with van der Waals surface area (Å²) in [4.78, 5) is 6.48. The fourth-order valence-corrected chi connectivity index (χ4v) is 2.09. The van der Waals surface area contributed by atoms with E-state index in [-0.39, 0.29) is 5.82 Å². The number of halogens is 1. The molecule has 0 aliphatic rings. The van der Waals surface area contributed by atoms with Crippen LogP contribution in [-0.2, 0) is 17.8 Å². The molecule has 0 aromatic heterocycles. The average Bonchev–Trinajstić information content (AvgIpc) is 2.51. The van der Waals surface area contributed by atoms with Crippen molar-refractivity contribution in [1.29, 1.82) is 0 Å². The Hall–Kier alpha value is -1.66. The second kappa shape index (κ2) is 11.0. The van der Waals surface area contributed by atoms with Crippen molar-refractivity contribution in [2.45, 2.75) is 26.9 Å². The van der Waals surface area contributed by atoms with Gasteiger partial charge in [0.25, 0.3) is 0 Å². The molecule has 0 saturated heterocycles. The molecule has 1 aromatic carbocycles. The molecule has 0 radical (unpaired) electrons. The van der Waals surface area contributed by atoms with Crippen molar-refractivity contribution in [3.63, 3.8) is 0 Å². The summed E-state index contributed by atoms with van der Waals surface area (Å²) < 4.78 is 19.1. The topological polar surface area (TPSA) is 48.9 Å². The highest BCUT2D eigenvalue weighted by Crippen LogP contribution is 2.13. The van der Waals surface area contributed by atoms with Crippen molar-refractivity contribution in [2.75, 3.05) is 40.4 Å². The molecule has 0 spiro atoms. The van der Waals surface area contributed by atoms with Crippen molar-refractivity contribution >= 4 is 5.96 Å². The molecule has 23 heavy (non-hydrogen) atoms. The van der Waals surface area contributed by atoms with E-state index in [2.05, 4.69) is 15.6 Å². The standard InChI is InChI=1S/C17H29FN4O/c1-5-19-17(20-9-10-23-6-2)21-12-14-7-8-16(18)15(11-14)13-22(3)4/h7-8,11H,5-6,9-10,12-13H2,1-4H3,(H2,19,20,21). The van der Waals surface area contributed by atoms with Crippen molar-refractivity contribution in [2.24, 2.45) is 4.99 Å². The summed E-state index contributed by atoms with van der Waals surface area (Å²) in [6, 6.07) is 5.17. The summed E-state index contributed by atoms with van der Waals surface area (Å²) in [6.07, 6.45) is 0. The Labute approximate surface area is 138 Å². The molecule has 1 rings (SSSR count). The van der Waals surface area contributed by atoms with Crippen molar-refractivity contribution in [1.82, 2.24) is 15.5 Å². The Morgan fingerprint density at radius 1 is 1.26 bits per heavy atom. The smallest absolute Gasteiger partial charge is 0.191 e. The van der Waals surface area contributed by atoms with Gasteiger partial charge in [-0.2, -0.15) is 0 Å². The van der Waals surface area contributed by atoms with Crippen LogP contribution in [0.2, 0.25) is 0 Å². The lowest BCUT2D eigenvalue weighted by molar-refractivity contribution is 0.152. The third-order valence-electron chi connectivity index (χ3n) is 3.10. The Kier molecular flexibility index (Phi) is 9.24. The van der Waals surface area contributed by atoms with Crippen LogP contribution < -0.4 is 10.6 Å².